The highest BCUT2D eigenvalue weighted by molar-refractivity contribution is 5.67. The molecule has 0 fully saturated rings. The molecule has 0 bridgehead atoms. The van der Waals surface area contributed by atoms with Crippen molar-refractivity contribution in [2.45, 2.75) is 13.0 Å². The van der Waals surface area contributed by atoms with Gasteiger partial charge in [-0.15, -0.1) is 0 Å². The van der Waals surface area contributed by atoms with Crippen LogP contribution in [0.4, 0.5) is 10.5 Å². The van der Waals surface area contributed by atoms with Crippen LogP contribution in [0, 0.1) is 0 Å². The fourth-order valence-electron chi connectivity index (χ4n) is 2.00. The smallest absolute Gasteiger partial charge is 0.411 e. The predicted molar refractivity (Wildman–Crippen MR) is 85.2 cm³/mol. The number of nitrogen functional groups attached to an aromatic ring is 1. The first kappa shape index (κ1) is 16.6. The molecule has 0 atom stereocenters. The summed E-state index contributed by atoms with van der Waals surface area (Å²) < 4.78 is 15.4. The molecular formula is C16H19N3O4. The van der Waals surface area contributed by atoms with Gasteiger partial charge in [-0.3, -0.25) is 0 Å². The molecule has 2 aromatic rings. The number of carbonyl (C=O) groups excluding carboxylic acids is 1. The zero-order valence-electron chi connectivity index (χ0n) is 12.8. The minimum absolute atomic E-state index is 0.154. The lowest BCUT2D eigenvalue weighted by molar-refractivity contribution is 0.120. The van der Waals surface area contributed by atoms with E-state index in [4.69, 9.17) is 25.7 Å². The third-order valence-electron chi connectivity index (χ3n) is 3.07. The van der Waals surface area contributed by atoms with Gasteiger partial charge < -0.3 is 25.7 Å². The van der Waals surface area contributed by atoms with Crippen LogP contribution < -0.4 is 20.9 Å². The second kappa shape index (κ2) is 8.00. The molecule has 2 rings (SSSR count). The number of nitrogens with two attached hydrogens (primary N) is 2. The highest BCUT2D eigenvalue weighted by atomic mass is 16.6. The SMILES string of the molecule is COc1ccc(CCOCc2cccc(OC(N)=O)n2)cc1N. The molecule has 0 saturated carbocycles. The Morgan fingerprint density at radius 2 is 2.09 bits per heavy atom. The van der Waals surface area contributed by atoms with Crippen molar-refractivity contribution in [3.63, 3.8) is 0 Å². The lowest BCUT2D eigenvalue weighted by Gasteiger charge is -2.08. The van der Waals surface area contributed by atoms with Gasteiger partial charge in [0.25, 0.3) is 0 Å². The van der Waals surface area contributed by atoms with E-state index in [2.05, 4.69) is 4.98 Å². The minimum atomic E-state index is -0.896. The summed E-state index contributed by atoms with van der Waals surface area (Å²) in [4.78, 5) is 14.8. The summed E-state index contributed by atoms with van der Waals surface area (Å²) in [5, 5.41) is 0. The van der Waals surface area contributed by atoms with Crippen LogP contribution in [0.1, 0.15) is 11.3 Å². The summed E-state index contributed by atoms with van der Waals surface area (Å²) in [6.07, 6.45) is -0.182. The molecular weight excluding hydrogens is 298 g/mol. The normalized spacial score (nSPS) is 10.3. The Morgan fingerprint density at radius 3 is 2.78 bits per heavy atom. The number of nitrogens with zero attached hydrogens (tertiary/aromatic N) is 1. The fraction of sp³-hybridized carbons (Fsp3) is 0.250. The maximum atomic E-state index is 10.7. The molecule has 4 N–H and O–H groups in total. The number of ether oxygens (including phenoxy) is 3. The number of amides is 1. The number of rotatable bonds is 7. The molecule has 23 heavy (non-hydrogen) atoms. The van der Waals surface area contributed by atoms with Crippen LogP contribution in [-0.4, -0.2) is 24.8 Å². The van der Waals surface area contributed by atoms with E-state index in [1.165, 1.54) is 0 Å². The first-order valence-electron chi connectivity index (χ1n) is 7.02. The van der Waals surface area contributed by atoms with E-state index >= 15 is 0 Å². The summed E-state index contributed by atoms with van der Waals surface area (Å²) in [6, 6.07) is 10.7. The number of hydrogen-bond acceptors (Lipinski definition) is 6. The Kier molecular flexibility index (Phi) is 5.76. The first-order chi connectivity index (χ1) is 11.1. The third-order valence-corrected chi connectivity index (χ3v) is 3.07. The first-order valence-corrected chi connectivity index (χ1v) is 7.02. The Balaban J connectivity index is 1.81. The van der Waals surface area contributed by atoms with Crippen molar-refractivity contribution in [3.8, 4) is 11.6 Å². The van der Waals surface area contributed by atoms with Crippen LogP contribution in [0.5, 0.6) is 11.6 Å². The second-order valence-electron chi connectivity index (χ2n) is 4.77. The molecule has 7 heteroatoms. The largest absolute Gasteiger partial charge is 0.495 e. The molecule has 1 aromatic carbocycles. The average Bonchev–Trinajstić information content (AvgIpc) is 2.51. The zero-order chi connectivity index (χ0) is 16.7. The second-order valence-corrected chi connectivity index (χ2v) is 4.77. The van der Waals surface area contributed by atoms with Gasteiger partial charge in [0.2, 0.25) is 5.88 Å². The Morgan fingerprint density at radius 1 is 1.26 bits per heavy atom. The number of methoxy groups -OCH3 is 1. The highest BCUT2D eigenvalue weighted by Crippen LogP contribution is 2.22. The maximum absolute atomic E-state index is 10.7. The molecule has 7 nitrogen and oxygen atoms in total. The summed E-state index contributed by atoms with van der Waals surface area (Å²) in [7, 11) is 1.58. The lowest BCUT2D eigenvalue weighted by Crippen LogP contribution is -2.17. The Hall–Kier alpha value is -2.80. The fourth-order valence-corrected chi connectivity index (χ4v) is 2.00. The van der Waals surface area contributed by atoms with Gasteiger partial charge in [0.1, 0.15) is 5.75 Å². The van der Waals surface area contributed by atoms with E-state index in [0.717, 1.165) is 5.56 Å². The molecule has 0 aliphatic carbocycles. The van der Waals surface area contributed by atoms with Gasteiger partial charge in [0, 0.05) is 6.07 Å². The maximum Gasteiger partial charge on any atom is 0.411 e. The van der Waals surface area contributed by atoms with E-state index in [0.29, 0.717) is 36.8 Å². The number of primary amides is 1. The minimum Gasteiger partial charge on any atom is -0.495 e. The van der Waals surface area contributed by atoms with Crippen LogP contribution in [0.2, 0.25) is 0 Å². The summed E-state index contributed by atoms with van der Waals surface area (Å²) in [6.45, 7) is 0.815. The van der Waals surface area contributed by atoms with Crippen LogP contribution >= 0.6 is 0 Å². The molecule has 1 aromatic heterocycles. The monoisotopic (exact) mass is 317 g/mol. The Labute approximate surface area is 134 Å². The Bertz CT molecular complexity index is 676. The average molecular weight is 317 g/mol. The lowest BCUT2D eigenvalue weighted by atomic mass is 10.1. The van der Waals surface area contributed by atoms with Gasteiger partial charge in [-0.25, -0.2) is 9.78 Å². The molecule has 0 aliphatic rings. The summed E-state index contributed by atoms with van der Waals surface area (Å²) in [5.74, 6) is 0.812. The zero-order valence-corrected chi connectivity index (χ0v) is 12.8. The van der Waals surface area contributed by atoms with Crippen molar-refractivity contribution >= 4 is 11.8 Å². The number of pyridine rings is 1. The van der Waals surface area contributed by atoms with Crippen LogP contribution in [0.3, 0.4) is 0 Å². The predicted octanol–water partition coefficient (Wildman–Crippen LogP) is 1.89. The van der Waals surface area contributed by atoms with E-state index in [-0.39, 0.29) is 5.88 Å². The number of hydrogen-bond donors (Lipinski definition) is 2. The van der Waals surface area contributed by atoms with Crippen molar-refractivity contribution in [1.29, 1.82) is 0 Å². The van der Waals surface area contributed by atoms with E-state index in [9.17, 15) is 4.79 Å². The molecule has 0 spiro atoms. The molecule has 0 unspecified atom stereocenters. The topological polar surface area (TPSA) is 110 Å². The van der Waals surface area contributed by atoms with Crippen molar-refractivity contribution in [3.05, 3.63) is 47.7 Å². The van der Waals surface area contributed by atoms with Gasteiger partial charge in [0.05, 0.1) is 31.7 Å². The molecule has 0 aliphatic heterocycles. The van der Waals surface area contributed by atoms with Crippen molar-refractivity contribution in [1.82, 2.24) is 4.98 Å². The number of carbonyl (C=O) groups is 1. The molecule has 1 heterocycles. The number of anilines is 1. The van der Waals surface area contributed by atoms with Crippen LogP contribution in [0.25, 0.3) is 0 Å². The molecule has 1 amide bonds. The summed E-state index contributed by atoms with van der Waals surface area (Å²) >= 11 is 0. The standard InChI is InChI=1S/C16H19N3O4/c1-21-14-6-5-11(9-13(14)17)7-8-22-10-12-3-2-4-15(19-12)23-16(18)20/h2-6,9H,7-8,10,17H2,1H3,(H2,18,20). The van der Waals surface area contributed by atoms with Gasteiger partial charge in [-0.05, 0) is 30.2 Å². The van der Waals surface area contributed by atoms with Crippen molar-refractivity contribution < 1.29 is 19.0 Å². The van der Waals surface area contributed by atoms with E-state index in [1.54, 1.807) is 25.3 Å². The molecule has 122 valence electrons. The third kappa shape index (κ3) is 5.15. The van der Waals surface area contributed by atoms with Crippen molar-refractivity contribution in [2.75, 3.05) is 19.5 Å². The van der Waals surface area contributed by atoms with E-state index in [1.807, 2.05) is 18.2 Å². The van der Waals surface area contributed by atoms with Gasteiger partial charge in [-0.2, -0.15) is 0 Å². The summed E-state index contributed by atoms with van der Waals surface area (Å²) in [5.41, 5.74) is 13.1. The van der Waals surface area contributed by atoms with Gasteiger partial charge in [0.15, 0.2) is 0 Å². The quantitative estimate of drug-likeness (QED) is 0.596. The van der Waals surface area contributed by atoms with Crippen molar-refractivity contribution in [2.24, 2.45) is 5.73 Å². The van der Waals surface area contributed by atoms with Crippen LogP contribution in [-0.2, 0) is 17.8 Å². The number of aromatic nitrogens is 1. The van der Waals surface area contributed by atoms with Gasteiger partial charge >= 0.3 is 6.09 Å². The number of benzene rings is 1. The molecule has 0 radical (unpaired) electrons. The van der Waals surface area contributed by atoms with Gasteiger partial charge in [-0.1, -0.05) is 12.1 Å². The van der Waals surface area contributed by atoms with E-state index < -0.39 is 6.09 Å². The molecule has 0 saturated heterocycles. The highest BCUT2D eigenvalue weighted by Gasteiger charge is 2.03. The van der Waals surface area contributed by atoms with Crippen LogP contribution in [0.15, 0.2) is 36.4 Å².